The van der Waals surface area contributed by atoms with E-state index in [0.29, 0.717) is 5.15 Å². The summed E-state index contributed by atoms with van der Waals surface area (Å²) >= 11 is 6.16. The molecule has 1 aromatic heterocycles. The molecule has 5 heteroatoms. The van der Waals surface area contributed by atoms with Crippen LogP contribution in [0.15, 0.2) is 0 Å². The van der Waals surface area contributed by atoms with Crippen molar-refractivity contribution in [1.29, 1.82) is 0 Å². The average molecular weight is 284 g/mol. The highest BCUT2D eigenvalue weighted by molar-refractivity contribution is 6.30. The molecule has 1 saturated carbocycles. The van der Waals surface area contributed by atoms with Crippen molar-refractivity contribution in [3.05, 3.63) is 16.5 Å². The molecule has 1 fully saturated rings. The van der Waals surface area contributed by atoms with Crippen LogP contribution in [0.5, 0.6) is 0 Å². The molecule has 2 rings (SSSR count). The Bertz CT molecular complexity index is 476. The average Bonchev–Trinajstić information content (AvgIpc) is 2.35. The molecule has 106 valence electrons. The Kier molecular flexibility index (Phi) is 4.02. The molecule has 0 radical (unpaired) electrons. The molecule has 0 aromatic carbocycles. The molecule has 1 heterocycles. The summed E-state index contributed by atoms with van der Waals surface area (Å²) in [5.74, 6) is 1.58. The maximum absolute atomic E-state index is 9.79. The second-order valence-electron chi connectivity index (χ2n) is 5.92. The van der Waals surface area contributed by atoms with Crippen molar-refractivity contribution in [3.8, 4) is 0 Å². The molecule has 4 nitrogen and oxygen atoms in total. The summed E-state index contributed by atoms with van der Waals surface area (Å²) in [5, 5.41) is 13.7. The molecule has 1 aliphatic carbocycles. The van der Waals surface area contributed by atoms with E-state index in [1.165, 1.54) is 0 Å². The topological polar surface area (TPSA) is 58.0 Å². The summed E-state index contributed by atoms with van der Waals surface area (Å²) in [5.41, 5.74) is 0.744. The molecule has 0 aliphatic heterocycles. The highest BCUT2D eigenvalue weighted by atomic mass is 35.5. The predicted octanol–water partition coefficient (Wildman–Crippen LogP) is 2.96. The highest BCUT2D eigenvalue weighted by Crippen LogP contribution is 2.42. The Balaban J connectivity index is 2.20. The number of anilines is 1. The summed E-state index contributed by atoms with van der Waals surface area (Å²) < 4.78 is 0. The first-order valence-electron chi connectivity index (χ1n) is 6.83. The third-order valence-electron chi connectivity index (χ3n) is 4.13. The van der Waals surface area contributed by atoms with E-state index in [4.69, 9.17) is 11.6 Å². The van der Waals surface area contributed by atoms with Gasteiger partial charge >= 0.3 is 0 Å². The molecular weight excluding hydrogens is 262 g/mol. The molecule has 2 unspecified atom stereocenters. The molecule has 0 bridgehead atoms. The third-order valence-corrected chi connectivity index (χ3v) is 4.50. The highest BCUT2D eigenvalue weighted by Gasteiger charge is 2.47. The Labute approximate surface area is 119 Å². The number of aromatic nitrogens is 2. The first-order chi connectivity index (χ1) is 8.86. The largest absolute Gasteiger partial charge is 0.392 e. The van der Waals surface area contributed by atoms with Crippen LogP contribution in [-0.2, 0) is 6.42 Å². The van der Waals surface area contributed by atoms with Gasteiger partial charge in [0.25, 0.3) is 0 Å². The van der Waals surface area contributed by atoms with Crippen LogP contribution in [0.2, 0.25) is 5.15 Å². The van der Waals surface area contributed by atoms with E-state index in [9.17, 15) is 5.11 Å². The van der Waals surface area contributed by atoms with Gasteiger partial charge in [-0.15, -0.1) is 0 Å². The lowest BCUT2D eigenvalue weighted by Crippen LogP contribution is -2.57. The van der Waals surface area contributed by atoms with Gasteiger partial charge in [-0.25, -0.2) is 9.97 Å². The van der Waals surface area contributed by atoms with Crippen molar-refractivity contribution in [2.45, 2.75) is 59.1 Å². The first kappa shape index (κ1) is 14.5. The second-order valence-corrected chi connectivity index (χ2v) is 6.28. The van der Waals surface area contributed by atoms with Crippen LogP contribution < -0.4 is 5.32 Å². The van der Waals surface area contributed by atoms with Crippen LogP contribution in [-0.4, -0.2) is 27.2 Å². The number of halogens is 1. The van der Waals surface area contributed by atoms with Crippen molar-refractivity contribution in [1.82, 2.24) is 9.97 Å². The summed E-state index contributed by atoms with van der Waals surface area (Å²) in [6.45, 7) is 8.13. The first-order valence-corrected chi connectivity index (χ1v) is 7.21. The van der Waals surface area contributed by atoms with Gasteiger partial charge in [0, 0.05) is 23.4 Å². The van der Waals surface area contributed by atoms with Crippen LogP contribution in [0.1, 0.15) is 45.0 Å². The molecule has 2 N–H and O–H groups in total. The lowest BCUT2D eigenvalue weighted by atomic mass is 9.64. The standard InChI is InChI=1S/C14H22ClN3O/c1-5-6-11-17-12(15)8(2)13(18-11)16-9-7-10(19)14(9,3)4/h9-10,19H,5-7H2,1-4H3,(H,16,17,18). The van der Waals surface area contributed by atoms with E-state index < -0.39 is 0 Å². The summed E-state index contributed by atoms with van der Waals surface area (Å²) in [4.78, 5) is 8.84. The number of hydrogen-bond donors (Lipinski definition) is 2. The van der Waals surface area contributed by atoms with Crippen molar-refractivity contribution in [2.24, 2.45) is 5.41 Å². The van der Waals surface area contributed by atoms with E-state index >= 15 is 0 Å². The fourth-order valence-corrected chi connectivity index (χ4v) is 2.51. The minimum absolute atomic E-state index is 0.130. The zero-order chi connectivity index (χ0) is 14.2. The Morgan fingerprint density at radius 3 is 2.63 bits per heavy atom. The molecule has 0 spiro atoms. The monoisotopic (exact) mass is 283 g/mol. The van der Waals surface area contributed by atoms with E-state index in [-0.39, 0.29) is 17.6 Å². The van der Waals surface area contributed by atoms with Gasteiger partial charge in [-0.3, -0.25) is 0 Å². The van der Waals surface area contributed by atoms with Crippen LogP contribution in [0, 0.1) is 12.3 Å². The van der Waals surface area contributed by atoms with Gasteiger partial charge < -0.3 is 10.4 Å². The van der Waals surface area contributed by atoms with Gasteiger partial charge in [-0.1, -0.05) is 32.4 Å². The van der Waals surface area contributed by atoms with E-state index in [1.54, 1.807) is 0 Å². The predicted molar refractivity (Wildman–Crippen MR) is 77.6 cm³/mol. The quantitative estimate of drug-likeness (QED) is 0.834. The SMILES string of the molecule is CCCc1nc(Cl)c(C)c(NC2CC(O)C2(C)C)n1. The molecular formula is C14H22ClN3O. The zero-order valence-corrected chi connectivity index (χ0v) is 12.8. The number of rotatable bonds is 4. The van der Waals surface area contributed by atoms with Crippen molar-refractivity contribution >= 4 is 17.4 Å². The maximum Gasteiger partial charge on any atom is 0.137 e. The normalized spacial score (nSPS) is 24.9. The van der Waals surface area contributed by atoms with Gasteiger partial charge in [0.15, 0.2) is 0 Å². The summed E-state index contributed by atoms with van der Waals surface area (Å²) in [6, 6.07) is 0.224. The molecule has 0 saturated heterocycles. The molecule has 1 aromatic rings. The van der Waals surface area contributed by atoms with E-state index in [0.717, 1.165) is 36.5 Å². The number of nitrogens with zero attached hydrogens (tertiary/aromatic N) is 2. The number of aliphatic hydroxyl groups is 1. The van der Waals surface area contributed by atoms with Gasteiger partial charge in [-0.05, 0) is 19.8 Å². The fourth-order valence-electron chi connectivity index (χ4n) is 2.32. The van der Waals surface area contributed by atoms with E-state index in [2.05, 4.69) is 36.1 Å². The number of aryl methyl sites for hydroxylation is 1. The van der Waals surface area contributed by atoms with Gasteiger partial charge in [-0.2, -0.15) is 0 Å². The smallest absolute Gasteiger partial charge is 0.137 e. The molecule has 0 amide bonds. The maximum atomic E-state index is 9.79. The third kappa shape index (κ3) is 2.70. The summed E-state index contributed by atoms with van der Waals surface area (Å²) in [7, 11) is 0. The molecule has 2 atom stereocenters. The van der Waals surface area contributed by atoms with Gasteiger partial charge in [0.05, 0.1) is 6.10 Å². The molecule has 1 aliphatic rings. The van der Waals surface area contributed by atoms with E-state index in [1.807, 2.05) is 6.92 Å². The van der Waals surface area contributed by atoms with Crippen LogP contribution >= 0.6 is 11.6 Å². The lowest BCUT2D eigenvalue weighted by Gasteiger charge is -2.49. The minimum Gasteiger partial charge on any atom is -0.392 e. The van der Waals surface area contributed by atoms with Crippen molar-refractivity contribution in [3.63, 3.8) is 0 Å². The number of aliphatic hydroxyl groups excluding tert-OH is 1. The van der Waals surface area contributed by atoms with Gasteiger partial charge in [0.1, 0.15) is 16.8 Å². The number of nitrogens with one attached hydrogen (secondary N) is 1. The summed E-state index contributed by atoms with van der Waals surface area (Å²) in [6.07, 6.45) is 2.31. The molecule has 19 heavy (non-hydrogen) atoms. The second kappa shape index (κ2) is 5.25. The number of hydrogen-bond acceptors (Lipinski definition) is 4. The Hall–Kier alpha value is -0.870. The Morgan fingerprint density at radius 2 is 2.11 bits per heavy atom. The van der Waals surface area contributed by atoms with Crippen molar-refractivity contribution < 1.29 is 5.11 Å². The van der Waals surface area contributed by atoms with Gasteiger partial charge in [0.2, 0.25) is 0 Å². The van der Waals surface area contributed by atoms with Crippen LogP contribution in [0.4, 0.5) is 5.82 Å². The lowest BCUT2D eigenvalue weighted by molar-refractivity contribution is -0.0511. The minimum atomic E-state index is -0.252. The van der Waals surface area contributed by atoms with Crippen molar-refractivity contribution in [2.75, 3.05) is 5.32 Å². The fraction of sp³-hybridized carbons (Fsp3) is 0.714. The zero-order valence-electron chi connectivity index (χ0n) is 12.0. The van der Waals surface area contributed by atoms with Crippen LogP contribution in [0.3, 0.4) is 0 Å². The van der Waals surface area contributed by atoms with Crippen LogP contribution in [0.25, 0.3) is 0 Å². The Morgan fingerprint density at radius 1 is 1.42 bits per heavy atom.